The first kappa shape index (κ1) is 29.3. The number of nitrogens with zero attached hydrogens (tertiary/aromatic N) is 1. The van der Waals surface area contributed by atoms with Gasteiger partial charge in [0.25, 0.3) is 5.91 Å². The number of hydrogen-bond donors (Lipinski definition) is 1. The summed E-state index contributed by atoms with van der Waals surface area (Å²) in [6, 6.07) is 12.6. The lowest BCUT2D eigenvalue weighted by molar-refractivity contribution is -0.274. The molecule has 1 amide bonds. The van der Waals surface area contributed by atoms with E-state index in [-0.39, 0.29) is 17.5 Å². The standard InChI is InChI=1S/C28H25F3N2O7S/c1-35-20-10-7-16(5-6-17-12-22(36-2)26(38-4)23(13-17)37-3)11-21(20)39-15-25(34)33-27-32-19-9-8-18(14-24(19)41-27)40-28(29,30)31/h5-14H,15H2,1-4H3,(H,32,33,34)/b6-5-. The van der Waals surface area contributed by atoms with Crippen molar-refractivity contribution in [3.05, 3.63) is 59.7 Å². The van der Waals surface area contributed by atoms with Crippen LogP contribution in [0, 0.1) is 0 Å². The number of benzene rings is 3. The molecule has 0 unspecified atom stereocenters. The highest BCUT2D eigenvalue weighted by atomic mass is 32.1. The molecule has 4 aromatic rings. The molecule has 0 aliphatic carbocycles. The molecule has 1 aromatic heterocycles. The molecular formula is C28H25F3N2O7S. The number of fused-ring (bicyclic) bond motifs is 1. The third-order valence-corrected chi connectivity index (χ3v) is 6.48. The van der Waals surface area contributed by atoms with E-state index in [1.54, 1.807) is 24.3 Å². The maximum absolute atomic E-state index is 12.6. The number of ether oxygens (including phenoxy) is 6. The third-order valence-electron chi connectivity index (χ3n) is 5.54. The first-order valence-corrected chi connectivity index (χ1v) is 12.7. The molecule has 216 valence electrons. The number of alkyl halides is 3. The normalized spacial score (nSPS) is 11.4. The van der Waals surface area contributed by atoms with Crippen LogP contribution in [0.1, 0.15) is 11.1 Å². The molecule has 0 bridgehead atoms. The predicted molar refractivity (Wildman–Crippen MR) is 148 cm³/mol. The molecule has 0 radical (unpaired) electrons. The van der Waals surface area contributed by atoms with Gasteiger partial charge in [-0.3, -0.25) is 10.1 Å². The molecule has 3 aromatic carbocycles. The molecule has 4 rings (SSSR count). The van der Waals surface area contributed by atoms with Gasteiger partial charge in [-0.25, -0.2) is 4.98 Å². The first-order chi connectivity index (χ1) is 19.6. The van der Waals surface area contributed by atoms with Crippen LogP contribution in [0.2, 0.25) is 0 Å². The topological polar surface area (TPSA) is 97.4 Å². The molecule has 0 spiro atoms. The Morgan fingerprint density at radius 3 is 2.15 bits per heavy atom. The van der Waals surface area contributed by atoms with Gasteiger partial charge in [-0.1, -0.05) is 29.6 Å². The molecule has 0 saturated carbocycles. The summed E-state index contributed by atoms with van der Waals surface area (Å²) in [5.74, 6) is 1.36. The van der Waals surface area contributed by atoms with Crippen LogP contribution in [-0.2, 0) is 4.79 Å². The zero-order valence-corrected chi connectivity index (χ0v) is 23.1. The molecule has 13 heteroatoms. The van der Waals surface area contributed by atoms with Crippen LogP contribution in [0.15, 0.2) is 48.5 Å². The Morgan fingerprint density at radius 1 is 0.854 bits per heavy atom. The largest absolute Gasteiger partial charge is 0.573 e. The number of carbonyl (C=O) groups is 1. The Kier molecular flexibility index (Phi) is 9.07. The van der Waals surface area contributed by atoms with Gasteiger partial charge >= 0.3 is 6.36 Å². The van der Waals surface area contributed by atoms with E-state index in [1.165, 1.54) is 40.6 Å². The highest BCUT2D eigenvalue weighted by molar-refractivity contribution is 7.22. The number of rotatable bonds is 11. The summed E-state index contributed by atoms with van der Waals surface area (Å²) in [5, 5.41) is 2.79. The smallest absolute Gasteiger partial charge is 0.493 e. The van der Waals surface area contributed by atoms with Crippen LogP contribution in [0.4, 0.5) is 18.3 Å². The monoisotopic (exact) mass is 590 g/mol. The van der Waals surface area contributed by atoms with Gasteiger partial charge in [-0.15, -0.1) is 13.2 Å². The molecule has 0 aliphatic rings. The Balaban J connectivity index is 1.44. The summed E-state index contributed by atoms with van der Waals surface area (Å²) in [4.78, 5) is 16.8. The van der Waals surface area contributed by atoms with Gasteiger partial charge in [-0.2, -0.15) is 0 Å². The summed E-state index contributed by atoms with van der Waals surface area (Å²) in [6.45, 7) is -0.366. The Morgan fingerprint density at radius 2 is 1.51 bits per heavy atom. The van der Waals surface area contributed by atoms with E-state index in [0.717, 1.165) is 28.5 Å². The zero-order valence-electron chi connectivity index (χ0n) is 22.3. The highest BCUT2D eigenvalue weighted by Crippen LogP contribution is 2.39. The van der Waals surface area contributed by atoms with Crippen LogP contribution in [0.25, 0.3) is 22.4 Å². The number of carbonyl (C=O) groups excluding carboxylic acids is 1. The molecule has 0 atom stereocenters. The summed E-state index contributed by atoms with van der Waals surface area (Å²) >= 11 is 1.00. The van der Waals surface area contributed by atoms with Crippen molar-refractivity contribution in [2.24, 2.45) is 0 Å². The van der Waals surface area contributed by atoms with Crippen LogP contribution >= 0.6 is 11.3 Å². The average Bonchev–Trinajstić information content (AvgIpc) is 3.34. The van der Waals surface area contributed by atoms with Crippen LogP contribution in [-0.4, -0.2) is 52.3 Å². The fourth-order valence-electron chi connectivity index (χ4n) is 3.75. The SMILES string of the molecule is COc1ccc(/C=C\c2cc(OC)c(OC)c(OC)c2)cc1OCC(=O)Nc1nc2ccc(OC(F)(F)F)cc2s1. The van der Waals surface area contributed by atoms with Crippen LogP contribution < -0.4 is 33.7 Å². The van der Waals surface area contributed by atoms with Crippen molar-refractivity contribution < 1.29 is 46.4 Å². The minimum atomic E-state index is -4.81. The van der Waals surface area contributed by atoms with E-state index < -0.39 is 12.3 Å². The summed E-state index contributed by atoms with van der Waals surface area (Å²) in [6.07, 6.45) is -1.12. The second-order valence-electron chi connectivity index (χ2n) is 8.24. The molecule has 1 heterocycles. The summed E-state index contributed by atoms with van der Waals surface area (Å²) in [5.41, 5.74) is 1.97. The molecule has 0 fully saturated rings. The van der Waals surface area contributed by atoms with Gasteiger partial charge in [0, 0.05) is 6.07 Å². The van der Waals surface area contributed by atoms with Crippen LogP contribution in [0.3, 0.4) is 0 Å². The highest BCUT2D eigenvalue weighted by Gasteiger charge is 2.31. The maximum atomic E-state index is 12.6. The Hall–Kier alpha value is -4.65. The fourth-order valence-corrected chi connectivity index (χ4v) is 4.66. The molecule has 0 saturated heterocycles. The van der Waals surface area contributed by atoms with Gasteiger partial charge in [0.2, 0.25) is 5.75 Å². The van der Waals surface area contributed by atoms with E-state index in [2.05, 4.69) is 15.0 Å². The van der Waals surface area contributed by atoms with E-state index in [4.69, 9.17) is 23.7 Å². The number of anilines is 1. The van der Waals surface area contributed by atoms with E-state index in [9.17, 15) is 18.0 Å². The molecule has 1 N–H and O–H groups in total. The van der Waals surface area contributed by atoms with Crippen molar-refractivity contribution in [1.29, 1.82) is 0 Å². The lowest BCUT2D eigenvalue weighted by Crippen LogP contribution is -2.20. The summed E-state index contributed by atoms with van der Waals surface area (Å²) in [7, 11) is 6.08. The number of methoxy groups -OCH3 is 4. The average molecular weight is 591 g/mol. The Bertz CT molecular complexity index is 1550. The van der Waals surface area contributed by atoms with Crippen molar-refractivity contribution in [2.75, 3.05) is 40.4 Å². The molecule has 41 heavy (non-hydrogen) atoms. The van der Waals surface area contributed by atoms with E-state index in [0.29, 0.717) is 39.0 Å². The van der Waals surface area contributed by atoms with Crippen molar-refractivity contribution in [3.63, 3.8) is 0 Å². The number of aromatic nitrogens is 1. The number of amides is 1. The van der Waals surface area contributed by atoms with Gasteiger partial charge in [0.05, 0.1) is 38.7 Å². The zero-order chi connectivity index (χ0) is 29.6. The van der Waals surface area contributed by atoms with E-state index >= 15 is 0 Å². The minimum Gasteiger partial charge on any atom is -0.493 e. The van der Waals surface area contributed by atoms with Crippen molar-refractivity contribution in [3.8, 4) is 34.5 Å². The number of halogens is 3. The van der Waals surface area contributed by atoms with Crippen molar-refractivity contribution in [2.45, 2.75) is 6.36 Å². The number of thiazole rings is 1. The van der Waals surface area contributed by atoms with Gasteiger partial charge in [-0.05, 0) is 47.5 Å². The lowest BCUT2D eigenvalue weighted by atomic mass is 10.1. The summed E-state index contributed by atoms with van der Waals surface area (Å²) < 4.78 is 69.0. The fraction of sp³-hybridized carbons (Fsp3) is 0.214. The van der Waals surface area contributed by atoms with Gasteiger partial charge in [0.15, 0.2) is 34.7 Å². The molecule has 9 nitrogen and oxygen atoms in total. The second kappa shape index (κ2) is 12.7. The first-order valence-electron chi connectivity index (χ1n) is 11.9. The van der Waals surface area contributed by atoms with Crippen molar-refractivity contribution in [1.82, 2.24) is 4.98 Å². The van der Waals surface area contributed by atoms with Crippen molar-refractivity contribution >= 4 is 44.7 Å². The Labute approximate surface area is 237 Å². The predicted octanol–water partition coefficient (Wildman–Crippen LogP) is 6.42. The van der Waals surface area contributed by atoms with E-state index in [1.807, 2.05) is 18.2 Å². The number of hydrogen-bond acceptors (Lipinski definition) is 9. The van der Waals surface area contributed by atoms with Crippen LogP contribution in [0.5, 0.6) is 34.5 Å². The number of nitrogens with one attached hydrogen (secondary N) is 1. The maximum Gasteiger partial charge on any atom is 0.573 e. The van der Waals surface area contributed by atoms with Gasteiger partial charge in [0.1, 0.15) is 5.75 Å². The quantitative estimate of drug-likeness (QED) is 0.200. The third kappa shape index (κ3) is 7.51. The molecule has 0 aliphatic heterocycles. The molecular weight excluding hydrogens is 565 g/mol. The lowest BCUT2D eigenvalue weighted by Gasteiger charge is -2.13. The van der Waals surface area contributed by atoms with Gasteiger partial charge < -0.3 is 28.4 Å². The second-order valence-corrected chi connectivity index (χ2v) is 9.27. The minimum absolute atomic E-state index is 0.201.